The number of nitrogens with one attached hydrogen (secondary N) is 1. The molecule has 0 aliphatic rings. The van der Waals surface area contributed by atoms with Crippen LogP contribution in [0.25, 0.3) is 0 Å². The topological polar surface area (TPSA) is 55.1 Å². The molecule has 0 rings (SSSR count). The van der Waals surface area contributed by atoms with Crippen molar-refractivity contribution in [2.75, 3.05) is 27.2 Å². The summed E-state index contributed by atoms with van der Waals surface area (Å²) in [6.45, 7) is 3.79. The lowest BCUT2D eigenvalue weighted by molar-refractivity contribution is -0.882. The zero-order valence-corrected chi connectivity index (χ0v) is 16.7. The highest BCUT2D eigenvalue weighted by molar-refractivity contribution is 5.76. The number of amides is 1. The second kappa shape index (κ2) is 15.9. The van der Waals surface area contributed by atoms with Gasteiger partial charge in [-0.25, -0.2) is 5.84 Å². The van der Waals surface area contributed by atoms with Crippen LogP contribution in [0.3, 0.4) is 0 Å². The molecule has 24 heavy (non-hydrogen) atoms. The van der Waals surface area contributed by atoms with Crippen LogP contribution in [0, 0.1) is 0 Å². The van der Waals surface area contributed by atoms with Gasteiger partial charge in [-0.1, -0.05) is 84.0 Å². The Morgan fingerprint density at radius 1 is 0.750 bits per heavy atom. The van der Waals surface area contributed by atoms with Gasteiger partial charge in [0.2, 0.25) is 0 Å². The molecule has 0 aliphatic heterocycles. The summed E-state index contributed by atoms with van der Waals surface area (Å²) >= 11 is 0. The third-order valence-corrected chi connectivity index (χ3v) is 4.85. The average Bonchev–Trinajstić information content (AvgIpc) is 2.54. The van der Waals surface area contributed by atoms with Crippen molar-refractivity contribution in [2.24, 2.45) is 5.84 Å². The molecule has 144 valence electrons. The van der Waals surface area contributed by atoms with Gasteiger partial charge in [0.05, 0.1) is 20.6 Å². The molecule has 4 nitrogen and oxygen atoms in total. The number of hydrogen-bond donors (Lipinski definition) is 2. The Balaban J connectivity index is 3.26. The first-order valence-corrected chi connectivity index (χ1v) is 10.3. The van der Waals surface area contributed by atoms with Gasteiger partial charge >= 0.3 is 0 Å². The number of likely N-dealkylation sites (N-methyl/N-ethyl adjacent to an activating group) is 1. The van der Waals surface area contributed by atoms with E-state index in [2.05, 4.69) is 26.4 Å². The Morgan fingerprint density at radius 3 is 1.50 bits per heavy atom. The van der Waals surface area contributed by atoms with Crippen molar-refractivity contribution in [3.05, 3.63) is 0 Å². The minimum Gasteiger partial charge on any atom is -0.321 e. The first-order chi connectivity index (χ1) is 11.5. The summed E-state index contributed by atoms with van der Waals surface area (Å²) in [7, 11) is 4.19. The molecule has 0 saturated carbocycles. The Labute approximate surface area is 151 Å². The molecule has 0 unspecified atom stereocenters. The van der Waals surface area contributed by atoms with Gasteiger partial charge in [0, 0.05) is 0 Å². The number of carbonyl (C=O) groups is 1. The van der Waals surface area contributed by atoms with Gasteiger partial charge in [-0.05, 0) is 12.8 Å². The van der Waals surface area contributed by atoms with E-state index in [1.165, 1.54) is 89.9 Å². The molecule has 0 spiro atoms. The summed E-state index contributed by atoms with van der Waals surface area (Å²) in [4.78, 5) is 11.3. The number of nitrogens with zero attached hydrogens (tertiary/aromatic N) is 1. The lowest BCUT2D eigenvalue weighted by Gasteiger charge is -2.28. The maximum Gasteiger partial charge on any atom is 0.289 e. The van der Waals surface area contributed by atoms with E-state index < -0.39 is 0 Å². The van der Waals surface area contributed by atoms with Gasteiger partial charge in [0.25, 0.3) is 5.91 Å². The van der Waals surface area contributed by atoms with Gasteiger partial charge in [-0.3, -0.25) is 10.2 Å². The molecule has 3 N–H and O–H groups in total. The van der Waals surface area contributed by atoms with E-state index in [1.54, 1.807) is 0 Å². The fourth-order valence-corrected chi connectivity index (χ4v) is 3.25. The van der Waals surface area contributed by atoms with Crippen molar-refractivity contribution < 1.29 is 9.28 Å². The van der Waals surface area contributed by atoms with Gasteiger partial charge in [0.15, 0.2) is 6.54 Å². The molecule has 0 saturated heterocycles. The maximum absolute atomic E-state index is 11.3. The van der Waals surface area contributed by atoms with Gasteiger partial charge < -0.3 is 4.48 Å². The monoisotopic (exact) mass is 342 g/mol. The molecule has 0 aromatic carbocycles. The van der Waals surface area contributed by atoms with E-state index in [-0.39, 0.29) is 5.91 Å². The Bertz CT molecular complexity index is 293. The van der Waals surface area contributed by atoms with Crippen LogP contribution in [0.2, 0.25) is 0 Å². The molecule has 0 heterocycles. The second-order valence-electron chi connectivity index (χ2n) is 7.98. The lowest BCUT2D eigenvalue weighted by Crippen LogP contribution is -2.49. The first-order valence-electron chi connectivity index (χ1n) is 10.3. The SMILES string of the molecule is CCCCCCCCCCCCCCCC[N+](C)(C)CC(=O)NN. The number of unbranched alkanes of at least 4 members (excludes halogenated alkanes) is 13. The number of quaternary nitrogens is 1. The molecular weight excluding hydrogens is 298 g/mol. The van der Waals surface area contributed by atoms with E-state index in [9.17, 15) is 4.79 Å². The fourth-order valence-electron chi connectivity index (χ4n) is 3.25. The number of nitrogens with two attached hydrogens (primary N) is 1. The van der Waals surface area contributed by atoms with Crippen LogP contribution >= 0.6 is 0 Å². The lowest BCUT2D eigenvalue weighted by atomic mass is 10.0. The number of rotatable bonds is 17. The molecule has 1 amide bonds. The Kier molecular flexibility index (Phi) is 15.5. The van der Waals surface area contributed by atoms with E-state index >= 15 is 0 Å². The van der Waals surface area contributed by atoms with Gasteiger partial charge in [0.1, 0.15) is 0 Å². The second-order valence-corrected chi connectivity index (χ2v) is 7.98. The van der Waals surface area contributed by atoms with Crippen molar-refractivity contribution in [1.29, 1.82) is 0 Å². The van der Waals surface area contributed by atoms with Gasteiger partial charge in [-0.2, -0.15) is 0 Å². The van der Waals surface area contributed by atoms with Crippen LogP contribution in [0.4, 0.5) is 0 Å². The van der Waals surface area contributed by atoms with Crippen molar-refractivity contribution in [2.45, 2.75) is 96.8 Å². The number of hydrazine groups is 1. The summed E-state index contributed by atoms with van der Waals surface area (Å²) in [6, 6.07) is 0. The van der Waals surface area contributed by atoms with Crippen molar-refractivity contribution in [1.82, 2.24) is 5.43 Å². The smallest absolute Gasteiger partial charge is 0.289 e. The molecule has 0 radical (unpaired) electrons. The standard InChI is InChI=1S/C20H43N3O/c1-4-5-6-7-8-9-10-11-12-13-14-15-16-17-18-23(2,3)19-20(24)22-21/h4-19,21H2,1-3H3/p+1. The number of carbonyl (C=O) groups excluding carboxylic acids is 1. The molecule has 0 bridgehead atoms. The van der Waals surface area contributed by atoms with Gasteiger partial charge in [-0.15, -0.1) is 0 Å². The zero-order valence-electron chi connectivity index (χ0n) is 16.7. The minimum absolute atomic E-state index is 0.0784. The highest BCUT2D eigenvalue weighted by Gasteiger charge is 2.18. The highest BCUT2D eigenvalue weighted by Crippen LogP contribution is 2.13. The molecule has 0 aromatic heterocycles. The predicted octanol–water partition coefficient (Wildman–Crippen LogP) is 4.53. The van der Waals surface area contributed by atoms with Crippen LogP contribution in [0.1, 0.15) is 96.8 Å². The molecular formula is C20H44N3O+. The minimum atomic E-state index is -0.0784. The third kappa shape index (κ3) is 16.3. The first kappa shape index (κ1) is 23.4. The van der Waals surface area contributed by atoms with E-state index in [0.717, 1.165) is 11.0 Å². The van der Waals surface area contributed by atoms with E-state index in [1.807, 2.05) is 0 Å². The van der Waals surface area contributed by atoms with Crippen LogP contribution in [0.5, 0.6) is 0 Å². The molecule has 4 heteroatoms. The van der Waals surface area contributed by atoms with Crippen LogP contribution < -0.4 is 11.3 Å². The van der Waals surface area contributed by atoms with Crippen molar-refractivity contribution in [3.8, 4) is 0 Å². The summed E-state index contributed by atoms with van der Waals surface area (Å²) in [6.07, 6.45) is 19.3. The van der Waals surface area contributed by atoms with Crippen LogP contribution in [-0.4, -0.2) is 37.6 Å². The van der Waals surface area contributed by atoms with E-state index in [0.29, 0.717) is 6.54 Å². The van der Waals surface area contributed by atoms with Crippen molar-refractivity contribution in [3.63, 3.8) is 0 Å². The molecule has 0 fully saturated rings. The summed E-state index contributed by atoms with van der Waals surface area (Å²) < 4.78 is 0.724. The fraction of sp³-hybridized carbons (Fsp3) is 0.950. The molecule has 0 atom stereocenters. The summed E-state index contributed by atoms with van der Waals surface area (Å²) in [5.74, 6) is 5.07. The normalized spacial score (nSPS) is 11.7. The average molecular weight is 343 g/mol. The number of hydrogen-bond acceptors (Lipinski definition) is 2. The predicted molar refractivity (Wildman–Crippen MR) is 104 cm³/mol. The largest absolute Gasteiger partial charge is 0.321 e. The quantitative estimate of drug-likeness (QED) is 0.134. The Hall–Kier alpha value is -0.610. The summed E-state index contributed by atoms with van der Waals surface area (Å²) in [5, 5.41) is 0. The Morgan fingerprint density at radius 2 is 1.12 bits per heavy atom. The highest BCUT2D eigenvalue weighted by atomic mass is 16.2. The zero-order chi connectivity index (χ0) is 18.1. The maximum atomic E-state index is 11.3. The molecule has 0 aliphatic carbocycles. The summed E-state index contributed by atoms with van der Waals surface area (Å²) in [5.41, 5.74) is 2.22. The molecule has 0 aromatic rings. The van der Waals surface area contributed by atoms with E-state index in [4.69, 9.17) is 5.84 Å². The third-order valence-electron chi connectivity index (χ3n) is 4.85. The van der Waals surface area contributed by atoms with Crippen LogP contribution in [0.15, 0.2) is 0 Å². The van der Waals surface area contributed by atoms with Crippen LogP contribution in [-0.2, 0) is 4.79 Å². The van der Waals surface area contributed by atoms with Crippen molar-refractivity contribution >= 4 is 5.91 Å².